The van der Waals surface area contributed by atoms with Crippen LogP contribution >= 0.6 is 12.0 Å². The van der Waals surface area contributed by atoms with Crippen molar-refractivity contribution in [3.8, 4) is 0 Å². The molecule has 0 aliphatic carbocycles. The maximum absolute atomic E-state index is 10.2. The van der Waals surface area contributed by atoms with Crippen LogP contribution in [-0.4, -0.2) is 6.26 Å². The molecule has 0 fully saturated rings. The average Bonchev–Trinajstić information content (AvgIpc) is 1.37. The fraction of sp³-hybridized carbons (Fsp3) is 1.00. The highest BCUT2D eigenvalue weighted by atomic mass is 32.2. The van der Waals surface area contributed by atoms with Crippen LogP contribution in [0.3, 0.4) is 0 Å². The highest BCUT2D eigenvalue weighted by molar-refractivity contribution is 7.93. The van der Waals surface area contributed by atoms with Crippen molar-refractivity contribution in [2.75, 3.05) is 6.26 Å². The molecule has 1 nitrogen and oxygen atoms in total. The van der Waals surface area contributed by atoms with Gasteiger partial charge in [0.15, 0.2) is 0 Å². The van der Waals surface area contributed by atoms with E-state index in [0.29, 0.717) is 12.0 Å². The molecule has 0 unspecified atom stereocenters. The molecule has 0 aromatic heterocycles. The Morgan fingerprint density at radius 3 is 2.25 bits per heavy atom. The quantitative estimate of drug-likeness (QED) is 0.439. The van der Waals surface area contributed by atoms with E-state index in [2.05, 4.69) is 4.39 Å². The van der Waals surface area contributed by atoms with E-state index in [-0.39, 0.29) is 0 Å². The van der Waals surface area contributed by atoms with Crippen molar-refractivity contribution in [2.24, 2.45) is 0 Å². The summed E-state index contributed by atoms with van der Waals surface area (Å²) >= 11 is 0.690. The molecule has 26 valence electrons. The smallest absolute Gasteiger partial charge is 0.0336 e. The van der Waals surface area contributed by atoms with Gasteiger partial charge in [0, 0.05) is 18.3 Å². The molecule has 0 saturated carbocycles. The van der Waals surface area contributed by atoms with Gasteiger partial charge in [-0.3, -0.25) is 0 Å². The molecule has 0 aliphatic rings. The predicted molar refractivity (Wildman–Crippen MR) is 15.7 cm³/mol. The summed E-state index contributed by atoms with van der Waals surface area (Å²) in [6.07, 6.45) is 1.50. The van der Waals surface area contributed by atoms with E-state index in [1.165, 1.54) is 6.26 Å². The fourth-order valence-electron chi connectivity index (χ4n) is 0. The molecule has 0 aromatic carbocycles. The maximum atomic E-state index is 10.2. The highest BCUT2D eigenvalue weighted by Crippen LogP contribution is 1.90. The van der Waals surface area contributed by atoms with E-state index in [1.807, 2.05) is 0 Å². The van der Waals surface area contributed by atoms with Crippen LogP contribution in [0.4, 0.5) is 4.53 Å². The third-order valence-electron chi connectivity index (χ3n) is 0.0630. The molecule has 0 atom stereocenters. The minimum absolute atomic E-state index is 0.690. The van der Waals surface area contributed by atoms with Crippen LogP contribution in [0.25, 0.3) is 0 Å². The van der Waals surface area contributed by atoms with E-state index in [1.54, 1.807) is 0 Å². The van der Waals surface area contributed by atoms with E-state index in [4.69, 9.17) is 0 Å². The zero-order chi connectivity index (χ0) is 3.41. The molecule has 4 heavy (non-hydrogen) atoms. The van der Waals surface area contributed by atoms with Gasteiger partial charge in [0.1, 0.15) is 0 Å². The molecule has 0 amide bonds. The summed E-state index contributed by atoms with van der Waals surface area (Å²) in [6, 6.07) is 0. The van der Waals surface area contributed by atoms with Gasteiger partial charge in [0.2, 0.25) is 0 Å². The molecule has 0 bridgehead atoms. The topological polar surface area (TPSA) is 9.23 Å². The van der Waals surface area contributed by atoms with Crippen LogP contribution in [0.2, 0.25) is 0 Å². The second kappa shape index (κ2) is 3.24. The number of halogens is 1. The van der Waals surface area contributed by atoms with Crippen LogP contribution in [0, 0.1) is 0 Å². The monoisotopic (exact) mass is 82.0 g/mol. The van der Waals surface area contributed by atoms with E-state index in [9.17, 15) is 4.53 Å². The first-order chi connectivity index (χ1) is 1.91. The van der Waals surface area contributed by atoms with Crippen LogP contribution in [-0.2, 0) is 4.39 Å². The normalized spacial score (nSPS) is 7.50. The first kappa shape index (κ1) is 4.24. The van der Waals surface area contributed by atoms with Crippen molar-refractivity contribution in [3.63, 3.8) is 0 Å². The van der Waals surface area contributed by atoms with Crippen molar-refractivity contribution in [1.82, 2.24) is 0 Å². The Bertz CT molecular complexity index is 10.0. The van der Waals surface area contributed by atoms with Crippen LogP contribution in [0.15, 0.2) is 0 Å². The highest BCUT2D eigenvalue weighted by Gasteiger charge is 1.59. The van der Waals surface area contributed by atoms with Gasteiger partial charge >= 0.3 is 0 Å². The molecule has 0 saturated heterocycles. The van der Waals surface area contributed by atoms with Crippen molar-refractivity contribution in [2.45, 2.75) is 0 Å². The van der Waals surface area contributed by atoms with Gasteiger partial charge in [-0.05, 0) is 4.53 Å². The number of rotatable bonds is 1. The summed E-state index contributed by atoms with van der Waals surface area (Å²) in [7, 11) is 0. The number of hydrogen-bond donors (Lipinski definition) is 0. The first-order valence-corrected chi connectivity index (χ1v) is 1.88. The molecular weight excluding hydrogens is 79.1 g/mol. The molecular formula is CH3FOS. The Kier molecular flexibility index (Phi) is 3.43. The zero-order valence-electron chi connectivity index (χ0n) is 2.19. The van der Waals surface area contributed by atoms with Gasteiger partial charge in [-0.2, -0.15) is 0 Å². The molecule has 0 aromatic rings. The van der Waals surface area contributed by atoms with Gasteiger partial charge in [0.05, 0.1) is 0 Å². The summed E-state index contributed by atoms with van der Waals surface area (Å²) < 4.78 is 13.1. The van der Waals surface area contributed by atoms with Gasteiger partial charge < -0.3 is 0 Å². The molecule has 0 aliphatic heterocycles. The lowest BCUT2D eigenvalue weighted by Crippen LogP contribution is -1.42. The first-order valence-electron chi connectivity index (χ1n) is 0.729. The van der Waals surface area contributed by atoms with E-state index in [0.717, 1.165) is 0 Å². The standard InChI is InChI=1S/CH3FOS/c1-4-3-2/h1H3. The Hall–Kier alpha value is 0.240. The minimum Gasteiger partial charge on any atom is -0.121 e. The lowest BCUT2D eigenvalue weighted by atomic mass is 12.0. The second-order valence-corrected chi connectivity index (χ2v) is 0.689. The summed E-state index contributed by atoms with van der Waals surface area (Å²) in [5.74, 6) is 0. The average molecular weight is 82.1 g/mol. The maximum Gasteiger partial charge on any atom is 0.0336 e. The third-order valence-corrected chi connectivity index (χ3v) is 0.189. The predicted octanol–water partition coefficient (Wildman–Crippen LogP) is 1.17. The Balaban J connectivity index is 1.97. The molecule has 0 N–H and O–H groups in total. The van der Waals surface area contributed by atoms with Crippen molar-refractivity contribution in [1.29, 1.82) is 0 Å². The summed E-state index contributed by atoms with van der Waals surface area (Å²) in [4.78, 5) is 0. The largest absolute Gasteiger partial charge is 0.121 e. The Morgan fingerprint density at radius 2 is 2.25 bits per heavy atom. The lowest BCUT2D eigenvalue weighted by Gasteiger charge is -1.66. The van der Waals surface area contributed by atoms with Crippen LogP contribution < -0.4 is 0 Å². The van der Waals surface area contributed by atoms with E-state index < -0.39 is 0 Å². The van der Waals surface area contributed by atoms with Gasteiger partial charge in [-0.15, -0.1) is 4.39 Å². The minimum atomic E-state index is 0.690. The second-order valence-electron chi connectivity index (χ2n) is 0.230. The van der Waals surface area contributed by atoms with Gasteiger partial charge in [-0.25, -0.2) is 0 Å². The van der Waals surface area contributed by atoms with Crippen molar-refractivity contribution >= 4 is 12.0 Å². The summed E-state index contributed by atoms with van der Waals surface area (Å²) in [6.45, 7) is 0. The molecule has 0 heterocycles. The van der Waals surface area contributed by atoms with Crippen molar-refractivity contribution in [3.05, 3.63) is 0 Å². The third kappa shape index (κ3) is 2.24. The summed E-state index contributed by atoms with van der Waals surface area (Å²) in [5, 5.41) is 0. The summed E-state index contributed by atoms with van der Waals surface area (Å²) in [5.41, 5.74) is 0. The molecule has 0 radical (unpaired) electrons. The lowest BCUT2D eigenvalue weighted by molar-refractivity contribution is 0.0239. The Labute approximate surface area is 28.3 Å². The Morgan fingerprint density at radius 1 is 2.00 bits per heavy atom. The number of hydrogen-bond acceptors (Lipinski definition) is 2. The fourth-order valence-corrected chi connectivity index (χ4v) is 0. The molecule has 0 spiro atoms. The van der Waals surface area contributed by atoms with Gasteiger partial charge in [0.25, 0.3) is 0 Å². The van der Waals surface area contributed by atoms with Crippen molar-refractivity contribution < 1.29 is 8.91 Å². The van der Waals surface area contributed by atoms with Crippen LogP contribution in [0.5, 0.6) is 0 Å². The van der Waals surface area contributed by atoms with E-state index >= 15 is 0 Å². The SMILES string of the molecule is CSOF. The zero-order valence-corrected chi connectivity index (χ0v) is 3.01. The van der Waals surface area contributed by atoms with Crippen LogP contribution in [0.1, 0.15) is 0 Å². The molecule has 0 rings (SSSR count). The van der Waals surface area contributed by atoms with Gasteiger partial charge in [-0.1, -0.05) is 0 Å². The molecule has 3 heteroatoms.